The number of nitro benzene ring substituents is 1. The lowest BCUT2D eigenvalue weighted by Crippen LogP contribution is -2.31. The van der Waals surface area contributed by atoms with Gasteiger partial charge in [-0.25, -0.2) is 4.79 Å². The van der Waals surface area contributed by atoms with Crippen molar-refractivity contribution in [3.05, 3.63) is 62.1 Å². The molecule has 9 heteroatoms. The quantitative estimate of drug-likeness (QED) is 0.422. The maximum absolute atomic E-state index is 12.4. The van der Waals surface area contributed by atoms with Crippen LogP contribution in [0.5, 0.6) is 0 Å². The molecule has 0 spiro atoms. The molecule has 0 aliphatic rings. The second kappa shape index (κ2) is 8.63. The Morgan fingerprint density at radius 2 is 1.96 bits per heavy atom. The predicted octanol–water partition coefficient (Wildman–Crippen LogP) is 3.53. The fraction of sp³-hybridized carbons (Fsp3) is 0.222. The highest BCUT2D eigenvalue weighted by Gasteiger charge is 2.21. The summed E-state index contributed by atoms with van der Waals surface area (Å²) in [6.07, 6.45) is 0. The summed E-state index contributed by atoms with van der Waals surface area (Å²) in [5.74, 6) is -1.01. The number of anilines is 2. The third-order valence-electron chi connectivity index (χ3n) is 3.85. The van der Waals surface area contributed by atoms with E-state index in [9.17, 15) is 19.7 Å². The van der Waals surface area contributed by atoms with Gasteiger partial charge in [0, 0.05) is 29.3 Å². The van der Waals surface area contributed by atoms with Crippen molar-refractivity contribution in [2.75, 3.05) is 30.9 Å². The van der Waals surface area contributed by atoms with E-state index in [-0.39, 0.29) is 23.7 Å². The number of methoxy groups -OCH3 is 1. The van der Waals surface area contributed by atoms with Crippen LogP contribution in [-0.4, -0.2) is 37.5 Å². The van der Waals surface area contributed by atoms with Crippen LogP contribution in [0.15, 0.2) is 40.9 Å². The molecule has 0 aliphatic carbocycles. The van der Waals surface area contributed by atoms with Crippen molar-refractivity contribution in [1.29, 1.82) is 0 Å². The fourth-order valence-corrected chi connectivity index (χ4v) is 2.98. The number of ether oxygens (including phenoxy) is 1. The predicted molar refractivity (Wildman–Crippen MR) is 105 cm³/mol. The number of halogens is 1. The minimum atomic E-state index is -0.718. The molecule has 1 N–H and O–H groups in total. The van der Waals surface area contributed by atoms with Crippen LogP contribution < -0.4 is 10.2 Å². The Morgan fingerprint density at radius 1 is 1.26 bits per heavy atom. The number of amides is 1. The Labute approximate surface area is 164 Å². The van der Waals surface area contributed by atoms with Gasteiger partial charge in [0.25, 0.3) is 5.69 Å². The monoisotopic (exact) mass is 435 g/mol. The smallest absolute Gasteiger partial charge is 0.340 e. The minimum Gasteiger partial charge on any atom is -0.465 e. The number of nitrogens with one attached hydrogen (secondary N) is 1. The molecule has 0 aromatic heterocycles. The first-order valence-corrected chi connectivity index (χ1v) is 8.66. The molecule has 1 amide bonds. The summed E-state index contributed by atoms with van der Waals surface area (Å²) in [5, 5.41) is 13.8. The van der Waals surface area contributed by atoms with E-state index >= 15 is 0 Å². The van der Waals surface area contributed by atoms with Crippen molar-refractivity contribution in [1.82, 2.24) is 0 Å². The Hall–Kier alpha value is -2.94. The number of carbonyl (C=O) groups is 2. The van der Waals surface area contributed by atoms with Crippen LogP contribution in [0.2, 0.25) is 0 Å². The Kier molecular flexibility index (Phi) is 6.51. The molecule has 0 fully saturated rings. The molecule has 0 heterocycles. The molecule has 0 aliphatic heterocycles. The van der Waals surface area contributed by atoms with E-state index in [1.165, 1.54) is 24.1 Å². The van der Waals surface area contributed by atoms with Gasteiger partial charge in [0.1, 0.15) is 0 Å². The van der Waals surface area contributed by atoms with E-state index in [1.54, 1.807) is 13.1 Å². The maximum atomic E-state index is 12.4. The van der Waals surface area contributed by atoms with Gasteiger partial charge in [-0.1, -0.05) is 15.9 Å². The molecule has 0 saturated carbocycles. The van der Waals surface area contributed by atoms with Crippen LogP contribution >= 0.6 is 15.9 Å². The SMILES string of the molecule is COC(=O)c1cc([N+](=O)[O-])ccc1N(C)CC(=O)Nc1ccc(Br)cc1C. The second-order valence-corrected chi connectivity index (χ2v) is 6.73. The normalized spacial score (nSPS) is 10.2. The van der Waals surface area contributed by atoms with E-state index in [2.05, 4.69) is 21.2 Å². The van der Waals surface area contributed by atoms with Gasteiger partial charge in [0.05, 0.1) is 29.8 Å². The summed E-state index contributed by atoms with van der Waals surface area (Å²) in [7, 11) is 2.80. The molecule has 0 unspecified atom stereocenters. The van der Waals surface area contributed by atoms with Gasteiger partial charge in [-0.05, 0) is 36.8 Å². The van der Waals surface area contributed by atoms with Gasteiger partial charge in [-0.15, -0.1) is 0 Å². The zero-order valence-electron chi connectivity index (χ0n) is 15.0. The molecule has 0 radical (unpaired) electrons. The molecule has 8 nitrogen and oxygen atoms in total. The number of non-ortho nitro benzene ring substituents is 1. The molecule has 2 rings (SSSR count). The molecular formula is C18H18BrN3O5. The number of hydrogen-bond acceptors (Lipinski definition) is 6. The molecule has 0 bridgehead atoms. The number of likely N-dealkylation sites (N-methyl/N-ethyl adjacent to an activating group) is 1. The standard InChI is InChI=1S/C18H18BrN3O5/c1-11-8-12(19)4-6-15(11)20-17(23)10-21(2)16-7-5-13(22(25)26)9-14(16)18(24)27-3/h4-9H,10H2,1-3H3,(H,20,23). The first-order chi connectivity index (χ1) is 12.7. The summed E-state index contributed by atoms with van der Waals surface area (Å²) in [6.45, 7) is 1.81. The summed E-state index contributed by atoms with van der Waals surface area (Å²) < 4.78 is 5.60. The first kappa shape index (κ1) is 20.4. The average Bonchev–Trinajstić information content (AvgIpc) is 2.62. The van der Waals surface area contributed by atoms with E-state index in [0.717, 1.165) is 16.1 Å². The largest absolute Gasteiger partial charge is 0.465 e. The van der Waals surface area contributed by atoms with Crippen LogP contribution in [0.1, 0.15) is 15.9 Å². The number of carbonyl (C=O) groups excluding carboxylic acids is 2. The highest BCUT2D eigenvalue weighted by atomic mass is 79.9. The van der Waals surface area contributed by atoms with Crippen LogP contribution in [0.3, 0.4) is 0 Å². The highest BCUT2D eigenvalue weighted by molar-refractivity contribution is 9.10. The van der Waals surface area contributed by atoms with Gasteiger partial charge in [0.15, 0.2) is 0 Å². The lowest BCUT2D eigenvalue weighted by atomic mass is 10.1. The Balaban J connectivity index is 2.21. The van der Waals surface area contributed by atoms with Crippen LogP contribution in [0.4, 0.5) is 17.1 Å². The number of nitrogens with zero attached hydrogens (tertiary/aromatic N) is 2. The van der Waals surface area contributed by atoms with Gasteiger partial charge in [-0.3, -0.25) is 14.9 Å². The van der Waals surface area contributed by atoms with Crippen molar-refractivity contribution < 1.29 is 19.2 Å². The summed E-state index contributed by atoms with van der Waals surface area (Å²) in [5.41, 5.74) is 1.71. The van der Waals surface area contributed by atoms with E-state index < -0.39 is 10.9 Å². The molecule has 2 aromatic carbocycles. The Morgan fingerprint density at radius 3 is 2.56 bits per heavy atom. The number of nitro groups is 1. The zero-order valence-corrected chi connectivity index (χ0v) is 16.6. The van der Waals surface area contributed by atoms with Crippen molar-refractivity contribution in [2.24, 2.45) is 0 Å². The van der Waals surface area contributed by atoms with Gasteiger partial charge in [-0.2, -0.15) is 0 Å². The number of rotatable bonds is 6. The van der Waals surface area contributed by atoms with Gasteiger partial charge < -0.3 is 15.0 Å². The summed E-state index contributed by atoms with van der Waals surface area (Å²) in [4.78, 5) is 36.2. The fourth-order valence-electron chi connectivity index (χ4n) is 2.50. The molecular weight excluding hydrogens is 418 g/mol. The topological polar surface area (TPSA) is 102 Å². The minimum absolute atomic E-state index is 0.0156. The molecule has 0 saturated heterocycles. The van der Waals surface area contributed by atoms with E-state index in [1.807, 2.05) is 19.1 Å². The number of aryl methyl sites for hydroxylation is 1. The van der Waals surface area contributed by atoms with Gasteiger partial charge >= 0.3 is 5.97 Å². The van der Waals surface area contributed by atoms with Crippen LogP contribution in [0, 0.1) is 17.0 Å². The van der Waals surface area contributed by atoms with Crippen molar-refractivity contribution in [2.45, 2.75) is 6.92 Å². The van der Waals surface area contributed by atoms with Crippen LogP contribution in [0.25, 0.3) is 0 Å². The maximum Gasteiger partial charge on any atom is 0.340 e. The third-order valence-corrected chi connectivity index (χ3v) is 4.34. The summed E-state index contributed by atoms with van der Waals surface area (Å²) in [6, 6.07) is 9.30. The number of benzene rings is 2. The Bertz CT molecular complexity index is 901. The third kappa shape index (κ3) is 5.04. The van der Waals surface area contributed by atoms with Crippen molar-refractivity contribution in [3.63, 3.8) is 0 Å². The van der Waals surface area contributed by atoms with Crippen LogP contribution in [-0.2, 0) is 9.53 Å². The zero-order chi connectivity index (χ0) is 20.1. The molecule has 27 heavy (non-hydrogen) atoms. The van der Waals surface area contributed by atoms with Crippen molar-refractivity contribution in [3.8, 4) is 0 Å². The second-order valence-electron chi connectivity index (χ2n) is 5.81. The van der Waals surface area contributed by atoms with E-state index in [0.29, 0.717) is 11.4 Å². The van der Waals surface area contributed by atoms with Crippen molar-refractivity contribution >= 4 is 44.9 Å². The molecule has 0 atom stereocenters. The molecule has 142 valence electrons. The first-order valence-electron chi connectivity index (χ1n) is 7.87. The lowest BCUT2D eigenvalue weighted by molar-refractivity contribution is -0.384. The van der Waals surface area contributed by atoms with E-state index in [4.69, 9.17) is 4.74 Å². The summed E-state index contributed by atoms with van der Waals surface area (Å²) >= 11 is 3.36. The lowest BCUT2D eigenvalue weighted by Gasteiger charge is -2.21. The number of esters is 1. The van der Waals surface area contributed by atoms with Gasteiger partial charge in [0.2, 0.25) is 5.91 Å². The number of hydrogen-bond donors (Lipinski definition) is 1. The molecule has 2 aromatic rings. The highest BCUT2D eigenvalue weighted by Crippen LogP contribution is 2.26. The average molecular weight is 436 g/mol.